The maximum atomic E-state index is 9.72. The lowest BCUT2D eigenvalue weighted by Gasteiger charge is -2.16. The molecule has 0 spiro atoms. The van der Waals surface area contributed by atoms with Crippen molar-refractivity contribution in [2.24, 2.45) is 16.6 Å². The molecule has 0 radical (unpaired) electrons. The maximum absolute atomic E-state index is 9.72. The van der Waals surface area contributed by atoms with Gasteiger partial charge in [-0.05, 0) is 69.3 Å². The molecule has 2 atom stereocenters. The van der Waals surface area contributed by atoms with Crippen LogP contribution in [0.1, 0.15) is 31.7 Å². The number of aliphatic imine (C=N–C) groups is 1. The number of nitrogens with one attached hydrogen (secondary N) is 1. The minimum atomic E-state index is -0.587. The third kappa shape index (κ3) is 20.1. The number of hydrogen-bond donors (Lipinski definition) is 4. The smallest absolute Gasteiger partial charge is 0.124 e. The monoisotopic (exact) mass is 391 g/mol. The highest BCUT2D eigenvalue weighted by molar-refractivity contribution is 5.26. The first-order valence-electron chi connectivity index (χ1n) is 9.46. The number of aromatic hydroxyl groups is 1. The summed E-state index contributed by atoms with van der Waals surface area (Å²) in [6.07, 6.45) is 8.76. The Bertz CT molecular complexity index is 487. The van der Waals surface area contributed by atoms with Gasteiger partial charge in [-0.15, -0.1) is 19.7 Å². The molecule has 1 rings (SSSR count). The third-order valence-electron chi connectivity index (χ3n) is 3.57. The SMILES string of the molecule is C=C.C=CC/C=C/C(O)NCCC(CC)Cc1ccc(O)cc1.C=NC.CN. The molecular formula is C23H41N3O2. The highest BCUT2D eigenvalue weighted by atomic mass is 16.3. The summed E-state index contributed by atoms with van der Waals surface area (Å²) in [6, 6.07) is 7.40. The topological polar surface area (TPSA) is 90.9 Å². The van der Waals surface area contributed by atoms with Crippen LogP contribution in [-0.4, -0.2) is 43.8 Å². The van der Waals surface area contributed by atoms with E-state index in [1.807, 2.05) is 18.2 Å². The molecule has 0 heterocycles. The van der Waals surface area contributed by atoms with Crippen LogP contribution in [-0.2, 0) is 6.42 Å². The molecule has 2 unspecified atom stereocenters. The molecular weight excluding hydrogens is 350 g/mol. The van der Waals surface area contributed by atoms with Gasteiger partial charge >= 0.3 is 0 Å². The number of phenolic OH excluding ortho intramolecular Hbond substituents is 1. The van der Waals surface area contributed by atoms with E-state index in [0.29, 0.717) is 11.7 Å². The number of nitrogens with two attached hydrogens (primary N) is 1. The molecule has 1 aromatic carbocycles. The fraction of sp³-hybridized carbons (Fsp3) is 0.435. The van der Waals surface area contributed by atoms with Crippen LogP contribution in [0.4, 0.5) is 0 Å². The number of aliphatic hydroxyl groups excluding tert-OH is 1. The largest absolute Gasteiger partial charge is 0.508 e. The Morgan fingerprint density at radius 3 is 2.21 bits per heavy atom. The van der Waals surface area contributed by atoms with Gasteiger partial charge < -0.3 is 20.9 Å². The fourth-order valence-electron chi connectivity index (χ4n) is 2.22. The van der Waals surface area contributed by atoms with Crippen LogP contribution in [0.2, 0.25) is 0 Å². The number of aliphatic hydroxyl groups is 1. The minimum Gasteiger partial charge on any atom is -0.508 e. The number of rotatable bonds is 10. The summed E-state index contributed by atoms with van der Waals surface area (Å²) in [6.45, 7) is 15.7. The Kier molecular flexibility index (Phi) is 27.0. The van der Waals surface area contributed by atoms with Crippen molar-refractivity contribution in [1.82, 2.24) is 5.32 Å². The average Bonchev–Trinajstić information content (AvgIpc) is 2.72. The van der Waals surface area contributed by atoms with E-state index >= 15 is 0 Å². The van der Waals surface area contributed by atoms with Gasteiger partial charge in [-0.25, -0.2) is 0 Å². The highest BCUT2D eigenvalue weighted by Gasteiger charge is 2.08. The number of allylic oxidation sites excluding steroid dienone is 2. The van der Waals surface area contributed by atoms with Gasteiger partial charge in [0.15, 0.2) is 0 Å². The van der Waals surface area contributed by atoms with Crippen LogP contribution < -0.4 is 11.1 Å². The van der Waals surface area contributed by atoms with Crippen molar-refractivity contribution in [1.29, 1.82) is 0 Å². The van der Waals surface area contributed by atoms with Crippen LogP contribution in [0.15, 0.2) is 67.2 Å². The second kappa shape index (κ2) is 24.8. The van der Waals surface area contributed by atoms with E-state index in [2.05, 4.69) is 49.4 Å². The molecule has 0 saturated heterocycles. The van der Waals surface area contributed by atoms with E-state index in [1.165, 1.54) is 12.6 Å². The molecule has 0 aliphatic heterocycles. The van der Waals surface area contributed by atoms with Gasteiger partial charge in [0.05, 0.1) is 0 Å². The lowest BCUT2D eigenvalue weighted by atomic mass is 9.94. The van der Waals surface area contributed by atoms with Gasteiger partial charge in [-0.3, -0.25) is 5.32 Å². The Balaban J connectivity index is -0.000000789. The van der Waals surface area contributed by atoms with Gasteiger partial charge in [-0.1, -0.05) is 37.6 Å². The molecule has 5 N–H and O–H groups in total. The summed E-state index contributed by atoms with van der Waals surface area (Å²) in [7, 11) is 3.14. The molecule has 0 bridgehead atoms. The zero-order chi connectivity index (χ0) is 22.2. The predicted octanol–water partition coefficient (Wildman–Crippen LogP) is 4.09. The van der Waals surface area contributed by atoms with Crippen LogP contribution in [0.5, 0.6) is 5.75 Å². The maximum Gasteiger partial charge on any atom is 0.124 e. The lowest BCUT2D eigenvalue weighted by Crippen LogP contribution is -2.29. The number of hydrogen-bond acceptors (Lipinski definition) is 5. The molecule has 28 heavy (non-hydrogen) atoms. The van der Waals surface area contributed by atoms with Crippen molar-refractivity contribution in [3.63, 3.8) is 0 Å². The quantitative estimate of drug-likeness (QED) is 0.275. The predicted molar refractivity (Wildman–Crippen MR) is 125 cm³/mol. The van der Waals surface area contributed by atoms with Crippen molar-refractivity contribution in [2.45, 2.75) is 38.8 Å². The van der Waals surface area contributed by atoms with E-state index in [0.717, 1.165) is 32.2 Å². The Morgan fingerprint density at radius 1 is 1.21 bits per heavy atom. The zero-order valence-electron chi connectivity index (χ0n) is 18.0. The summed E-state index contributed by atoms with van der Waals surface area (Å²) in [5.41, 5.74) is 5.74. The first-order chi connectivity index (χ1) is 13.6. The van der Waals surface area contributed by atoms with Crippen molar-refractivity contribution >= 4 is 6.72 Å². The van der Waals surface area contributed by atoms with Gasteiger partial charge in [0, 0.05) is 7.05 Å². The molecule has 0 fully saturated rings. The summed E-state index contributed by atoms with van der Waals surface area (Å²) in [4.78, 5) is 3.25. The molecule has 0 aliphatic carbocycles. The fourth-order valence-corrected chi connectivity index (χ4v) is 2.22. The molecule has 5 heteroatoms. The standard InChI is InChI=1S/C18H27NO2.C2H5N.C2H4.CH5N/c1-3-5-6-7-18(21)19-13-12-15(4-2)14-16-8-10-17(20)11-9-16;1-3-2;2*1-2/h3,6-11,15,18-21H,1,4-5,12-14H2,2H3;1H2,2H3;1-2H2;2H2,1H3/b7-6+;;;. The molecule has 5 nitrogen and oxygen atoms in total. The summed E-state index contributed by atoms with van der Waals surface area (Å²) in [5.74, 6) is 0.884. The molecule has 160 valence electrons. The van der Waals surface area contributed by atoms with Crippen molar-refractivity contribution in [3.05, 3.63) is 67.8 Å². The van der Waals surface area contributed by atoms with Gasteiger partial charge in [-0.2, -0.15) is 0 Å². The Hall–Kier alpha value is -2.21. The molecule has 0 aliphatic rings. The molecule has 1 aromatic rings. The van der Waals surface area contributed by atoms with E-state index in [9.17, 15) is 10.2 Å². The van der Waals surface area contributed by atoms with E-state index < -0.39 is 6.23 Å². The Morgan fingerprint density at radius 2 is 1.75 bits per heavy atom. The number of phenols is 1. The first kappa shape index (κ1) is 30.5. The zero-order valence-corrected chi connectivity index (χ0v) is 18.0. The first-order valence-corrected chi connectivity index (χ1v) is 9.46. The van der Waals surface area contributed by atoms with Crippen molar-refractivity contribution < 1.29 is 10.2 Å². The van der Waals surface area contributed by atoms with Crippen LogP contribution in [0.25, 0.3) is 0 Å². The van der Waals surface area contributed by atoms with E-state index in [1.54, 1.807) is 31.3 Å². The minimum absolute atomic E-state index is 0.308. The summed E-state index contributed by atoms with van der Waals surface area (Å²) >= 11 is 0. The van der Waals surface area contributed by atoms with Gasteiger partial charge in [0.2, 0.25) is 0 Å². The van der Waals surface area contributed by atoms with Crippen molar-refractivity contribution in [2.75, 3.05) is 20.6 Å². The number of benzene rings is 1. The normalized spacial score (nSPS) is 11.5. The Labute approximate surface area is 172 Å². The van der Waals surface area contributed by atoms with Crippen LogP contribution in [0, 0.1) is 5.92 Å². The van der Waals surface area contributed by atoms with Crippen LogP contribution >= 0.6 is 0 Å². The van der Waals surface area contributed by atoms with E-state index in [4.69, 9.17) is 0 Å². The number of nitrogens with zero attached hydrogens (tertiary/aromatic N) is 1. The highest BCUT2D eigenvalue weighted by Crippen LogP contribution is 2.17. The second-order valence-electron chi connectivity index (χ2n) is 5.60. The summed E-state index contributed by atoms with van der Waals surface area (Å²) in [5, 5.41) is 22.1. The van der Waals surface area contributed by atoms with Gasteiger partial charge in [0.1, 0.15) is 12.0 Å². The summed E-state index contributed by atoms with van der Waals surface area (Å²) < 4.78 is 0. The second-order valence-corrected chi connectivity index (χ2v) is 5.60. The van der Waals surface area contributed by atoms with Gasteiger partial charge in [0.25, 0.3) is 0 Å². The third-order valence-corrected chi connectivity index (χ3v) is 3.57. The van der Waals surface area contributed by atoms with Crippen molar-refractivity contribution in [3.8, 4) is 5.75 Å². The molecule has 0 amide bonds. The lowest BCUT2D eigenvalue weighted by molar-refractivity contribution is 0.181. The molecule has 0 saturated carbocycles. The van der Waals surface area contributed by atoms with E-state index in [-0.39, 0.29) is 0 Å². The van der Waals surface area contributed by atoms with Crippen LogP contribution in [0.3, 0.4) is 0 Å². The molecule has 0 aromatic heterocycles. The average molecular weight is 392 g/mol.